The largest absolute Gasteiger partial charge is 0.488 e. The molecule has 0 aromatic heterocycles. The zero-order valence-electron chi connectivity index (χ0n) is 11.3. The lowest BCUT2D eigenvalue weighted by atomic mass is 10.1. The Bertz CT molecular complexity index is 562. The van der Waals surface area contributed by atoms with Crippen LogP contribution in [0, 0.1) is 13.8 Å². The minimum atomic E-state index is 0.574. The molecule has 19 heavy (non-hydrogen) atoms. The van der Waals surface area contributed by atoms with E-state index >= 15 is 0 Å². The van der Waals surface area contributed by atoms with Gasteiger partial charge in [0.15, 0.2) is 0 Å². The van der Waals surface area contributed by atoms with Crippen LogP contribution in [0.25, 0.3) is 6.08 Å². The van der Waals surface area contributed by atoms with Crippen LogP contribution in [0.2, 0.25) is 0 Å². The summed E-state index contributed by atoms with van der Waals surface area (Å²) < 4.78 is 5.92. The third-order valence-corrected chi connectivity index (χ3v) is 3.30. The SMILES string of the molecule is C=Cc1ccc(COc2c(C)cc(S)cc2C)cc1. The lowest BCUT2D eigenvalue weighted by molar-refractivity contribution is 0.301. The van der Waals surface area contributed by atoms with Crippen LogP contribution in [0.1, 0.15) is 22.3 Å². The molecule has 0 fully saturated rings. The molecule has 0 heterocycles. The molecule has 0 saturated carbocycles. The molecule has 0 saturated heterocycles. The number of benzene rings is 2. The number of hydrogen-bond acceptors (Lipinski definition) is 2. The first kappa shape index (κ1) is 13.8. The molecule has 0 amide bonds. The number of rotatable bonds is 4. The van der Waals surface area contributed by atoms with E-state index in [2.05, 4.69) is 31.3 Å². The Kier molecular flexibility index (Phi) is 4.33. The van der Waals surface area contributed by atoms with E-state index in [-0.39, 0.29) is 0 Å². The van der Waals surface area contributed by atoms with Crippen LogP contribution in [0.3, 0.4) is 0 Å². The fourth-order valence-electron chi connectivity index (χ4n) is 2.06. The van der Waals surface area contributed by atoms with Crippen LogP contribution >= 0.6 is 12.6 Å². The molecule has 2 aromatic carbocycles. The second kappa shape index (κ2) is 5.98. The fraction of sp³-hybridized carbons (Fsp3) is 0.176. The predicted molar refractivity (Wildman–Crippen MR) is 84.0 cm³/mol. The lowest BCUT2D eigenvalue weighted by Crippen LogP contribution is -1.99. The van der Waals surface area contributed by atoms with Crippen molar-refractivity contribution in [2.24, 2.45) is 0 Å². The highest BCUT2D eigenvalue weighted by atomic mass is 32.1. The summed E-state index contributed by atoms with van der Waals surface area (Å²) in [5.41, 5.74) is 4.51. The summed E-state index contributed by atoms with van der Waals surface area (Å²) in [5.74, 6) is 0.950. The molecule has 0 N–H and O–H groups in total. The topological polar surface area (TPSA) is 9.23 Å². The van der Waals surface area contributed by atoms with Crippen molar-refractivity contribution in [2.45, 2.75) is 25.3 Å². The number of ether oxygens (including phenoxy) is 1. The molecule has 2 rings (SSSR count). The van der Waals surface area contributed by atoms with Crippen molar-refractivity contribution in [2.75, 3.05) is 0 Å². The van der Waals surface area contributed by atoms with Gasteiger partial charge in [0.05, 0.1) is 0 Å². The Morgan fingerprint density at radius 1 is 1.11 bits per heavy atom. The van der Waals surface area contributed by atoms with Crippen molar-refractivity contribution in [1.82, 2.24) is 0 Å². The molecular weight excluding hydrogens is 252 g/mol. The van der Waals surface area contributed by atoms with Crippen LogP contribution in [-0.2, 0) is 6.61 Å². The van der Waals surface area contributed by atoms with Gasteiger partial charge in [0.2, 0.25) is 0 Å². The van der Waals surface area contributed by atoms with E-state index in [4.69, 9.17) is 4.74 Å². The summed E-state index contributed by atoms with van der Waals surface area (Å²) in [4.78, 5) is 0.970. The summed E-state index contributed by atoms with van der Waals surface area (Å²) in [7, 11) is 0. The Morgan fingerprint density at radius 3 is 2.21 bits per heavy atom. The van der Waals surface area contributed by atoms with Gasteiger partial charge in [-0.25, -0.2) is 0 Å². The molecule has 0 unspecified atom stereocenters. The Hall–Kier alpha value is -1.67. The minimum Gasteiger partial charge on any atom is -0.488 e. The van der Waals surface area contributed by atoms with Gasteiger partial charge in [-0.1, -0.05) is 36.9 Å². The van der Waals surface area contributed by atoms with Crippen LogP contribution < -0.4 is 4.74 Å². The van der Waals surface area contributed by atoms with E-state index in [0.717, 1.165) is 32.9 Å². The summed E-state index contributed by atoms with van der Waals surface area (Å²) >= 11 is 4.37. The molecule has 0 bridgehead atoms. The van der Waals surface area contributed by atoms with Gasteiger partial charge in [0, 0.05) is 4.90 Å². The molecule has 2 aromatic rings. The van der Waals surface area contributed by atoms with E-state index < -0.39 is 0 Å². The van der Waals surface area contributed by atoms with Crippen molar-refractivity contribution in [1.29, 1.82) is 0 Å². The molecule has 2 heteroatoms. The van der Waals surface area contributed by atoms with Crippen molar-refractivity contribution < 1.29 is 4.74 Å². The summed E-state index contributed by atoms with van der Waals surface area (Å²) in [6, 6.07) is 12.3. The number of hydrogen-bond donors (Lipinski definition) is 1. The average Bonchev–Trinajstić information content (AvgIpc) is 2.38. The van der Waals surface area contributed by atoms with E-state index in [1.165, 1.54) is 0 Å². The first-order chi connectivity index (χ1) is 9.10. The molecular formula is C17H18OS. The van der Waals surface area contributed by atoms with E-state index in [0.29, 0.717) is 6.61 Å². The number of thiol groups is 1. The van der Waals surface area contributed by atoms with Crippen LogP contribution in [0.5, 0.6) is 5.75 Å². The molecule has 0 aliphatic carbocycles. The van der Waals surface area contributed by atoms with Gasteiger partial charge in [-0.15, -0.1) is 12.6 Å². The quantitative estimate of drug-likeness (QED) is 0.784. The highest BCUT2D eigenvalue weighted by molar-refractivity contribution is 7.80. The second-order valence-electron chi connectivity index (χ2n) is 4.64. The van der Waals surface area contributed by atoms with Crippen molar-refractivity contribution >= 4 is 18.7 Å². The molecule has 98 valence electrons. The van der Waals surface area contributed by atoms with Gasteiger partial charge < -0.3 is 4.74 Å². The van der Waals surface area contributed by atoms with Crippen LogP contribution in [-0.4, -0.2) is 0 Å². The smallest absolute Gasteiger partial charge is 0.125 e. The van der Waals surface area contributed by atoms with Crippen LogP contribution in [0.15, 0.2) is 47.9 Å². The molecule has 0 radical (unpaired) electrons. The molecule has 0 spiro atoms. The normalized spacial score (nSPS) is 10.3. The van der Waals surface area contributed by atoms with Gasteiger partial charge in [0.1, 0.15) is 12.4 Å². The van der Waals surface area contributed by atoms with Gasteiger partial charge >= 0.3 is 0 Å². The Morgan fingerprint density at radius 2 is 1.68 bits per heavy atom. The third kappa shape index (κ3) is 3.42. The third-order valence-electron chi connectivity index (χ3n) is 3.04. The van der Waals surface area contributed by atoms with E-state index in [9.17, 15) is 0 Å². The van der Waals surface area contributed by atoms with Crippen molar-refractivity contribution in [3.8, 4) is 5.75 Å². The van der Waals surface area contributed by atoms with E-state index in [1.807, 2.05) is 44.2 Å². The fourth-order valence-corrected chi connectivity index (χ4v) is 2.45. The summed E-state index contributed by atoms with van der Waals surface area (Å²) in [5, 5.41) is 0. The standard InChI is InChI=1S/C17H18OS/c1-4-14-5-7-15(8-6-14)11-18-17-12(2)9-16(19)10-13(17)3/h4-10,19H,1,11H2,2-3H3. The van der Waals surface area contributed by atoms with Gasteiger partial charge in [-0.2, -0.15) is 0 Å². The number of aryl methyl sites for hydroxylation is 2. The summed E-state index contributed by atoms with van der Waals surface area (Å²) in [6.45, 7) is 8.41. The predicted octanol–water partition coefficient (Wildman–Crippen LogP) is 4.81. The Balaban J connectivity index is 2.12. The van der Waals surface area contributed by atoms with Gasteiger partial charge in [-0.05, 0) is 48.2 Å². The van der Waals surface area contributed by atoms with Crippen LogP contribution in [0.4, 0.5) is 0 Å². The minimum absolute atomic E-state index is 0.574. The second-order valence-corrected chi connectivity index (χ2v) is 5.16. The zero-order valence-corrected chi connectivity index (χ0v) is 12.2. The molecule has 0 aliphatic rings. The highest BCUT2D eigenvalue weighted by Gasteiger charge is 2.05. The zero-order chi connectivity index (χ0) is 13.8. The highest BCUT2D eigenvalue weighted by Crippen LogP contribution is 2.27. The average molecular weight is 270 g/mol. The van der Waals surface area contributed by atoms with Gasteiger partial charge in [-0.3, -0.25) is 0 Å². The molecule has 0 atom stereocenters. The van der Waals surface area contributed by atoms with Gasteiger partial charge in [0.25, 0.3) is 0 Å². The van der Waals surface area contributed by atoms with Crippen molar-refractivity contribution in [3.05, 3.63) is 65.2 Å². The first-order valence-electron chi connectivity index (χ1n) is 6.24. The van der Waals surface area contributed by atoms with E-state index in [1.54, 1.807) is 0 Å². The maximum Gasteiger partial charge on any atom is 0.125 e. The Labute approximate surface area is 120 Å². The monoisotopic (exact) mass is 270 g/mol. The molecule has 0 aliphatic heterocycles. The lowest BCUT2D eigenvalue weighted by Gasteiger charge is -2.13. The first-order valence-corrected chi connectivity index (χ1v) is 6.69. The maximum absolute atomic E-state index is 5.92. The maximum atomic E-state index is 5.92. The summed E-state index contributed by atoms with van der Waals surface area (Å²) in [6.07, 6.45) is 1.84. The van der Waals surface area contributed by atoms with Crippen molar-refractivity contribution in [3.63, 3.8) is 0 Å². The molecule has 1 nitrogen and oxygen atoms in total.